The SMILES string of the molecule is C=C(CCCCCCCCCCCCC)CCCCCC(CC(=C)CCCCCCCCCCCCC)C(=C)CCCCC. The maximum Gasteiger partial charge on any atom is -0.0169 e. The molecule has 0 amide bonds. The maximum absolute atomic E-state index is 4.59. The molecule has 260 valence electrons. The van der Waals surface area contributed by atoms with Gasteiger partial charge in [0.25, 0.3) is 0 Å². The Morgan fingerprint density at radius 1 is 0.341 bits per heavy atom. The Morgan fingerprint density at radius 2 is 0.636 bits per heavy atom. The lowest BCUT2D eigenvalue weighted by Gasteiger charge is -2.21. The normalized spacial score (nSPS) is 12.1. The molecule has 0 fully saturated rings. The van der Waals surface area contributed by atoms with Gasteiger partial charge in [0.2, 0.25) is 0 Å². The molecular formula is C44H84. The first kappa shape index (κ1) is 43.2. The first-order chi connectivity index (χ1) is 21.5. The van der Waals surface area contributed by atoms with Crippen LogP contribution < -0.4 is 0 Å². The number of hydrogen-bond donors (Lipinski definition) is 0. The Morgan fingerprint density at radius 3 is 1.05 bits per heavy atom. The zero-order valence-electron chi connectivity index (χ0n) is 31.2. The standard InChI is InChI=1S/C44H84/c1-7-10-13-15-17-19-21-23-25-27-31-35-41(4)36-33-29-34-39-44(43(6)38-30-12-9-3)40-42(5)37-32-28-26-24-22-20-18-16-14-11-8-2/h44H,4-40H2,1-3H3. The van der Waals surface area contributed by atoms with Gasteiger partial charge in [0.15, 0.2) is 0 Å². The Bertz CT molecular complexity index is 624. The van der Waals surface area contributed by atoms with E-state index in [0.29, 0.717) is 5.92 Å². The average Bonchev–Trinajstić information content (AvgIpc) is 3.01. The van der Waals surface area contributed by atoms with Gasteiger partial charge in [0.05, 0.1) is 0 Å². The van der Waals surface area contributed by atoms with E-state index in [4.69, 9.17) is 0 Å². The molecule has 0 heteroatoms. The number of unbranched alkanes of at least 4 members (excludes halogenated alkanes) is 24. The molecule has 44 heavy (non-hydrogen) atoms. The van der Waals surface area contributed by atoms with Gasteiger partial charge in [-0.1, -0.05) is 211 Å². The average molecular weight is 613 g/mol. The van der Waals surface area contributed by atoms with Gasteiger partial charge < -0.3 is 0 Å². The lowest BCUT2D eigenvalue weighted by Crippen LogP contribution is -2.06. The van der Waals surface area contributed by atoms with Gasteiger partial charge >= 0.3 is 0 Å². The third kappa shape index (κ3) is 31.2. The molecule has 0 saturated carbocycles. The molecule has 0 spiro atoms. The molecule has 0 aromatic rings. The van der Waals surface area contributed by atoms with Crippen LogP contribution in [0.15, 0.2) is 36.5 Å². The van der Waals surface area contributed by atoms with Crippen molar-refractivity contribution in [2.45, 2.75) is 239 Å². The van der Waals surface area contributed by atoms with E-state index in [1.165, 1.54) is 235 Å². The Labute approximate surface area is 280 Å². The Hall–Kier alpha value is -0.780. The highest BCUT2D eigenvalue weighted by molar-refractivity contribution is 5.07. The summed E-state index contributed by atoms with van der Waals surface area (Å²) >= 11 is 0. The topological polar surface area (TPSA) is 0 Å². The van der Waals surface area contributed by atoms with Crippen LogP contribution >= 0.6 is 0 Å². The zero-order valence-corrected chi connectivity index (χ0v) is 31.2. The quantitative estimate of drug-likeness (QED) is 0.0483. The molecule has 1 unspecified atom stereocenters. The van der Waals surface area contributed by atoms with Gasteiger partial charge in [0.1, 0.15) is 0 Å². The summed E-state index contributed by atoms with van der Waals surface area (Å²) in [6, 6.07) is 0. The fourth-order valence-electron chi connectivity index (χ4n) is 6.85. The van der Waals surface area contributed by atoms with Gasteiger partial charge in [-0.15, -0.1) is 0 Å². The van der Waals surface area contributed by atoms with E-state index in [-0.39, 0.29) is 0 Å². The second-order valence-corrected chi connectivity index (χ2v) is 14.7. The third-order valence-corrected chi connectivity index (χ3v) is 10.1. The first-order valence-electron chi connectivity index (χ1n) is 20.6. The maximum atomic E-state index is 4.59. The minimum absolute atomic E-state index is 0.659. The van der Waals surface area contributed by atoms with Crippen molar-refractivity contribution in [3.05, 3.63) is 36.5 Å². The van der Waals surface area contributed by atoms with Crippen LogP contribution in [0.5, 0.6) is 0 Å². The molecule has 0 aliphatic carbocycles. The van der Waals surface area contributed by atoms with Gasteiger partial charge in [0, 0.05) is 0 Å². The molecule has 0 radical (unpaired) electrons. The summed E-state index contributed by atoms with van der Waals surface area (Å²) in [4.78, 5) is 0. The third-order valence-electron chi connectivity index (χ3n) is 10.1. The summed E-state index contributed by atoms with van der Waals surface area (Å²) in [6.07, 6.45) is 46.7. The highest BCUT2D eigenvalue weighted by Crippen LogP contribution is 2.30. The molecule has 0 aromatic carbocycles. The lowest BCUT2D eigenvalue weighted by atomic mass is 9.84. The molecule has 0 rings (SSSR count). The molecule has 0 bridgehead atoms. The van der Waals surface area contributed by atoms with Gasteiger partial charge in [-0.3, -0.25) is 0 Å². The number of allylic oxidation sites excluding steroid dienone is 3. The second-order valence-electron chi connectivity index (χ2n) is 14.7. The van der Waals surface area contributed by atoms with Crippen molar-refractivity contribution in [3.63, 3.8) is 0 Å². The molecule has 0 aromatic heterocycles. The second kappa shape index (κ2) is 35.1. The van der Waals surface area contributed by atoms with Crippen LogP contribution in [0.25, 0.3) is 0 Å². The molecule has 0 N–H and O–H groups in total. The van der Waals surface area contributed by atoms with E-state index in [1.807, 2.05) is 0 Å². The Kier molecular flexibility index (Phi) is 34.5. The van der Waals surface area contributed by atoms with E-state index in [1.54, 1.807) is 0 Å². The minimum atomic E-state index is 0.659. The first-order valence-corrected chi connectivity index (χ1v) is 20.6. The smallest absolute Gasteiger partial charge is 0.0169 e. The highest BCUT2D eigenvalue weighted by atomic mass is 14.2. The molecule has 0 saturated heterocycles. The fourth-order valence-corrected chi connectivity index (χ4v) is 6.85. The predicted octanol–water partition coefficient (Wildman–Crippen LogP) is 16.6. The lowest BCUT2D eigenvalue weighted by molar-refractivity contribution is 0.480. The summed E-state index contributed by atoms with van der Waals surface area (Å²) < 4.78 is 0. The van der Waals surface area contributed by atoms with Gasteiger partial charge in [-0.25, -0.2) is 0 Å². The van der Waals surface area contributed by atoms with E-state index in [2.05, 4.69) is 40.5 Å². The molecule has 0 heterocycles. The summed E-state index contributed by atoms with van der Waals surface area (Å²) in [7, 11) is 0. The largest absolute Gasteiger partial charge is 0.0999 e. The molecular weight excluding hydrogens is 528 g/mol. The van der Waals surface area contributed by atoms with Crippen LogP contribution in [-0.4, -0.2) is 0 Å². The van der Waals surface area contributed by atoms with Crippen molar-refractivity contribution in [1.82, 2.24) is 0 Å². The monoisotopic (exact) mass is 613 g/mol. The van der Waals surface area contributed by atoms with Crippen LogP contribution in [0, 0.1) is 5.92 Å². The highest BCUT2D eigenvalue weighted by Gasteiger charge is 2.14. The predicted molar refractivity (Wildman–Crippen MR) is 205 cm³/mol. The molecule has 0 aliphatic rings. The van der Waals surface area contributed by atoms with E-state index < -0.39 is 0 Å². The molecule has 0 nitrogen and oxygen atoms in total. The Balaban J connectivity index is 4.01. The van der Waals surface area contributed by atoms with E-state index in [0.717, 1.165) is 0 Å². The van der Waals surface area contributed by atoms with Crippen molar-refractivity contribution in [2.75, 3.05) is 0 Å². The van der Waals surface area contributed by atoms with Crippen LogP contribution in [0.4, 0.5) is 0 Å². The van der Waals surface area contributed by atoms with E-state index >= 15 is 0 Å². The van der Waals surface area contributed by atoms with Crippen LogP contribution in [0.3, 0.4) is 0 Å². The fraction of sp³-hybridized carbons (Fsp3) is 0.864. The molecule has 1 atom stereocenters. The van der Waals surface area contributed by atoms with Crippen LogP contribution in [0.2, 0.25) is 0 Å². The van der Waals surface area contributed by atoms with Crippen molar-refractivity contribution in [2.24, 2.45) is 5.92 Å². The summed E-state index contributed by atoms with van der Waals surface area (Å²) in [6.45, 7) is 20.5. The summed E-state index contributed by atoms with van der Waals surface area (Å²) in [5.41, 5.74) is 4.50. The zero-order chi connectivity index (χ0) is 32.4. The van der Waals surface area contributed by atoms with Crippen molar-refractivity contribution in [3.8, 4) is 0 Å². The number of hydrogen-bond acceptors (Lipinski definition) is 0. The van der Waals surface area contributed by atoms with Crippen molar-refractivity contribution < 1.29 is 0 Å². The van der Waals surface area contributed by atoms with E-state index in [9.17, 15) is 0 Å². The summed E-state index contributed by atoms with van der Waals surface area (Å²) in [5, 5.41) is 0. The van der Waals surface area contributed by atoms with Crippen LogP contribution in [-0.2, 0) is 0 Å². The van der Waals surface area contributed by atoms with Gasteiger partial charge in [-0.05, 0) is 70.1 Å². The summed E-state index contributed by atoms with van der Waals surface area (Å²) in [5.74, 6) is 0.659. The minimum Gasteiger partial charge on any atom is -0.0999 e. The van der Waals surface area contributed by atoms with Crippen molar-refractivity contribution in [1.29, 1.82) is 0 Å². The molecule has 0 aliphatic heterocycles. The number of rotatable bonds is 37. The van der Waals surface area contributed by atoms with Crippen molar-refractivity contribution >= 4 is 0 Å². The van der Waals surface area contributed by atoms with Crippen LogP contribution in [0.1, 0.15) is 239 Å². The van der Waals surface area contributed by atoms with Gasteiger partial charge in [-0.2, -0.15) is 0 Å².